The summed E-state index contributed by atoms with van der Waals surface area (Å²) in [5.74, 6) is 1.03. The summed E-state index contributed by atoms with van der Waals surface area (Å²) in [5, 5.41) is 0. The van der Waals surface area contributed by atoms with Gasteiger partial charge in [0.25, 0.3) is 0 Å². The van der Waals surface area contributed by atoms with Crippen LogP contribution in [0.4, 0.5) is 0 Å². The molecule has 1 aromatic carbocycles. The second-order valence-corrected chi connectivity index (χ2v) is 6.55. The first-order chi connectivity index (χ1) is 8.75. The molecule has 0 fully saturated rings. The van der Waals surface area contributed by atoms with E-state index >= 15 is 0 Å². The van der Waals surface area contributed by atoms with E-state index in [-0.39, 0.29) is 11.5 Å². The van der Waals surface area contributed by atoms with Gasteiger partial charge in [-0.2, -0.15) is 0 Å². The van der Waals surface area contributed by atoms with Crippen LogP contribution in [-0.4, -0.2) is 12.6 Å². The first-order valence-electron chi connectivity index (χ1n) is 7.28. The number of aryl methyl sites for hydroxylation is 1. The molecule has 1 atom stereocenters. The van der Waals surface area contributed by atoms with Crippen molar-refractivity contribution in [2.45, 2.75) is 65.8 Å². The van der Waals surface area contributed by atoms with Gasteiger partial charge in [-0.25, -0.2) is 0 Å². The Hall–Kier alpha value is -1.02. The zero-order valence-corrected chi connectivity index (χ0v) is 13.3. The molecule has 0 aliphatic heterocycles. The summed E-state index contributed by atoms with van der Waals surface area (Å²) in [7, 11) is 0. The summed E-state index contributed by atoms with van der Waals surface area (Å²) in [5.41, 5.74) is 9.92. The van der Waals surface area contributed by atoms with E-state index in [1.807, 2.05) is 0 Å². The maximum Gasteiger partial charge on any atom is 0.123 e. The van der Waals surface area contributed by atoms with Crippen LogP contribution in [0.1, 0.15) is 57.7 Å². The minimum atomic E-state index is 0.0867. The minimum absolute atomic E-state index is 0.0867. The highest BCUT2D eigenvalue weighted by Gasteiger charge is 2.21. The first-order valence-corrected chi connectivity index (χ1v) is 7.28. The smallest absolute Gasteiger partial charge is 0.123 e. The molecule has 0 aliphatic rings. The average molecular weight is 263 g/mol. The molecule has 19 heavy (non-hydrogen) atoms. The van der Waals surface area contributed by atoms with E-state index in [1.165, 1.54) is 16.7 Å². The van der Waals surface area contributed by atoms with Crippen LogP contribution in [0.2, 0.25) is 0 Å². The maximum absolute atomic E-state index is 5.94. The van der Waals surface area contributed by atoms with Gasteiger partial charge in [-0.15, -0.1) is 0 Å². The highest BCUT2D eigenvalue weighted by Crippen LogP contribution is 2.34. The van der Waals surface area contributed by atoms with E-state index < -0.39 is 0 Å². The number of hydrogen-bond donors (Lipinski definition) is 1. The molecule has 0 amide bonds. The minimum Gasteiger partial charge on any atom is -0.493 e. The quantitative estimate of drug-likeness (QED) is 0.872. The molecule has 2 N–H and O–H groups in total. The highest BCUT2D eigenvalue weighted by molar-refractivity contribution is 5.46. The third kappa shape index (κ3) is 4.54. The van der Waals surface area contributed by atoms with Crippen molar-refractivity contribution >= 4 is 0 Å². The molecular weight excluding hydrogens is 234 g/mol. The molecule has 2 heteroatoms. The average Bonchev–Trinajstić information content (AvgIpc) is 2.27. The molecular formula is C17H29NO. The Kier molecular flexibility index (Phi) is 5.42. The van der Waals surface area contributed by atoms with Crippen molar-refractivity contribution in [3.05, 3.63) is 28.8 Å². The van der Waals surface area contributed by atoms with Crippen LogP contribution in [0.3, 0.4) is 0 Å². The molecule has 1 rings (SSSR count). The van der Waals surface area contributed by atoms with E-state index in [9.17, 15) is 0 Å². The van der Waals surface area contributed by atoms with Crippen LogP contribution in [0, 0.1) is 6.92 Å². The fraction of sp³-hybridized carbons (Fsp3) is 0.647. The number of ether oxygens (including phenoxy) is 1. The van der Waals surface area contributed by atoms with Gasteiger partial charge in [0.1, 0.15) is 5.75 Å². The normalized spacial score (nSPS) is 13.4. The second kappa shape index (κ2) is 6.42. The van der Waals surface area contributed by atoms with Gasteiger partial charge in [-0.05, 0) is 54.9 Å². The number of nitrogens with two attached hydrogens (primary N) is 1. The summed E-state index contributed by atoms with van der Waals surface area (Å²) in [4.78, 5) is 0. The molecule has 0 aliphatic carbocycles. The van der Waals surface area contributed by atoms with Gasteiger partial charge in [-0.1, -0.05) is 33.8 Å². The lowest BCUT2D eigenvalue weighted by Gasteiger charge is -2.25. The van der Waals surface area contributed by atoms with E-state index in [2.05, 4.69) is 53.7 Å². The van der Waals surface area contributed by atoms with E-state index in [1.54, 1.807) is 0 Å². The van der Waals surface area contributed by atoms with Gasteiger partial charge in [0.15, 0.2) is 0 Å². The Morgan fingerprint density at radius 3 is 2.37 bits per heavy atom. The van der Waals surface area contributed by atoms with Crippen molar-refractivity contribution in [3.63, 3.8) is 0 Å². The second-order valence-electron chi connectivity index (χ2n) is 6.55. The highest BCUT2D eigenvalue weighted by atomic mass is 16.5. The molecule has 0 bridgehead atoms. The molecule has 108 valence electrons. The molecule has 0 aromatic heterocycles. The number of hydrogen-bond acceptors (Lipinski definition) is 2. The Bertz CT molecular complexity index is 416. The van der Waals surface area contributed by atoms with Crippen molar-refractivity contribution in [1.82, 2.24) is 0 Å². The van der Waals surface area contributed by atoms with Gasteiger partial charge in [0.2, 0.25) is 0 Å². The van der Waals surface area contributed by atoms with Crippen molar-refractivity contribution in [2.24, 2.45) is 5.73 Å². The largest absolute Gasteiger partial charge is 0.493 e. The van der Waals surface area contributed by atoms with Crippen LogP contribution in [-0.2, 0) is 11.8 Å². The summed E-state index contributed by atoms with van der Waals surface area (Å²) < 4.78 is 5.92. The zero-order chi connectivity index (χ0) is 14.6. The van der Waals surface area contributed by atoms with Crippen LogP contribution < -0.4 is 10.5 Å². The summed E-state index contributed by atoms with van der Waals surface area (Å²) >= 11 is 0. The Labute approximate surface area is 118 Å². The van der Waals surface area contributed by atoms with Crippen molar-refractivity contribution in [3.8, 4) is 5.75 Å². The fourth-order valence-corrected chi connectivity index (χ4v) is 2.21. The number of rotatable bonds is 5. The van der Waals surface area contributed by atoms with Gasteiger partial charge >= 0.3 is 0 Å². The maximum atomic E-state index is 5.94. The van der Waals surface area contributed by atoms with Gasteiger partial charge < -0.3 is 10.5 Å². The number of benzene rings is 1. The Morgan fingerprint density at radius 1 is 1.26 bits per heavy atom. The summed E-state index contributed by atoms with van der Waals surface area (Å²) in [6, 6.07) is 4.64. The molecule has 2 nitrogen and oxygen atoms in total. The first kappa shape index (κ1) is 16.0. The predicted molar refractivity (Wildman–Crippen MR) is 83.0 cm³/mol. The molecule has 1 aromatic rings. The van der Waals surface area contributed by atoms with E-state index in [4.69, 9.17) is 10.5 Å². The van der Waals surface area contributed by atoms with Crippen molar-refractivity contribution < 1.29 is 4.74 Å². The Balaban J connectivity index is 3.21. The fourth-order valence-electron chi connectivity index (χ4n) is 2.21. The molecule has 0 radical (unpaired) electrons. The van der Waals surface area contributed by atoms with Crippen molar-refractivity contribution in [2.75, 3.05) is 6.61 Å². The van der Waals surface area contributed by atoms with E-state index in [0.29, 0.717) is 0 Å². The summed E-state index contributed by atoms with van der Waals surface area (Å²) in [6.45, 7) is 13.8. The molecule has 0 heterocycles. The molecule has 0 spiro atoms. The SMILES string of the molecule is CCCOc1cc(C)c(CC(C)N)cc1C(C)(C)C. The monoisotopic (exact) mass is 263 g/mol. The van der Waals surface area contributed by atoms with Gasteiger partial charge in [0, 0.05) is 6.04 Å². The molecule has 0 saturated carbocycles. The van der Waals surface area contributed by atoms with E-state index in [0.717, 1.165) is 25.2 Å². The van der Waals surface area contributed by atoms with Crippen LogP contribution >= 0.6 is 0 Å². The van der Waals surface area contributed by atoms with Crippen molar-refractivity contribution in [1.29, 1.82) is 0 Å². The molecule has 0 saturated heterocycles. The van der Waals surface area contributed by atoms with Gasteiger partial charge in [0.05, 0.1) is 6.61 Å². The Morgan fingerprint density at radius 2 is 1.89 bits per heavy atom. The third-order valence-corrected chi connectivity index (χ3v) is 3.25. The lowest BCUT2D eigenvalue weighted by molar-refractivity contribution is 0.308. The molecule has 1 unspecified atom stereocenters. The lowest BCUT2D eigenvalue weighted by Crippen LogP contribution is -2.20. The third-order valence-electron chi connectivity index (χ3n) is 3.25. The lowest BCUT2D eigenvalue weighted by atomic mass is 9.83. The summed E-state index contributed by atoms with van der Waals surface area (Å²) in [6.07, 6.45) is 1.95. The van der Waals surface area contributed by atoms with Gasteiger partial charge in [-0.3, -0.25) is 0 Å². The zero-order valence-electron chi connectivity index (χ0n) is 13.3. The predicted octanol–water partition coefficient (Wildman–Crippen LogP) is 3.97. The van der Waals surface area contributed by atoms with Crippen LogP contribution in [0.15, 0.2) is 12.1 Å². The van der Waals surface area contributed by atoms with Crippen LogP contribution in [0.25, 0.3) is 0 Å². The van der Waals surface area contributed by atoms with Crippen LogP contribution in [0.5, 0.6) is 5.75 Å². The standard InChI is InChI=1S/C17H29NO/c1-7-8-19-16-9-12(2)14(10-13(3)18)11-15(16)17(4,5)6/h9,11,13H,7-8,10,18H2,1-6H3. The topological polar surface area (TPSA) is 35.2 Å².